The highest BCUT2D eigenvalue weighted by molar-refractivity contribution is 5.95. The van der Waals surface area contributed by atoms with Crippen molar-refractivity contribution in [1.29, 1.82) is 0 Å². The number of amides is 3. The van der Waals surface area contributed by atoms with Crippen LogP contribution in [0.15, 0.2) is 48.5 Å². The van der Waals surface area contributed by atoms with Crippen LogP contribution in [0.2, 0.25) is 0 Å². The molecule has 27 heavy (non-hydrogen) atoms. The second-order valence-electron chi connectivity index (χ2n) is 7.10. The summed E-state index contributed by atoms with van der Waals surface area (Å²) in [7, 11) is 0. The highest BCUT2D eigenvalue weighted by Gasteiger charge is 2.21. The van der Waals surface area contributed by atoms with Crippen molar-refractivity contribution in [2.45, 2.75) is 51.6 Å². The fraction of sp³-hybridized carbons (Fsp3) is 0.364. The molecule has 0 fully saturated rings. The predicted molar refractivity (Wildman–Crippen MR) is 108 cm³/mol. The average Bonchev–Trinajstić information content (AvgIpc) is 2.68. The van der Waals surface area contributed by atoms with Gasteiger partial charge in [-0.1, -0.05) is 31.2 Å². The Labute approximate surface area is 160 Å². The summed E-state index contributed by atoms with van der Waals surface area (Å²) in [6.07, 6.45) is 3.97. The van der Waals surface area contributed by atoms with Gasteiger partial charge in [-0.15, -0.1) is 0 Å². The molecule has 0 saturated heterocycles. The molecule has 0 radical (unpaired) electrons. The number of urea groups is 1. The highest BCUT2D eigenvalue weighted by atomic mass is 16.2. The van der Waals surface area contributed by atoms with Crippen LogP contribution in [0.3, 0.4) is 0 Å². The number of hydrogen-bond acceptors (Lipinski definition) is 2. The third kappa shape index (κ3) is 4.88. The van der Waals surface area contributed by atoms with E-state index in [0.29, 0.717) is 11.3 Å². The molecule has 0 bridgehead atoms. The zero-order valence-electron chi connectivity index (χ0n) is 15.9. The summed E-state index contributed by atoms with van der Waals surface area (Å²) in [6, 6.07) is 15.2. The van der Waals surface area contributed by atoms with Gasteiger partial charge in [0.05, 0.1) is 6.04 Å². The van der Waals surface area contributed by atoms with Crippen LogP contribution in [-0.2, 0) is 6.42 Å². The van der Waals surface area contributed by atoms with Gasteiger partial charge < -0.3 is 16.0 Å². The lowest BCUT2D eigenvalue weighted by molar-refractivity contribution is 0.0939. The molecule has 3 N–H and O–H groups in total. The molecule has 0 spiro atoms. The number of benzene rings is 2. The van der Waals surface area contributed by atoms with E-state index in [0.717, 1.165) is 25.7 Å². The number of fused-ring (bicyclic) bond motifs is 1. The number of carbonyl (C=O) groups is 2. The van der Waals surface area contributed by atoms with Crippen molar-refractivity contribution in [2.75, 3.05) is 5.32 Å². The van der Waals surface area contributed by atoms with E-state index in [1.54, 1.807) is 24.3 Å². The molecule has 2 unspecified atom stereocenters. The summed E-state index contributed by atoms with van der Waals surface area (Å²) < 4.78 is 0. The fourth-order valence-corrected chi connectivity index (χ4v) is 3.34. The second kappa shape index (κ2) is 8.71. The van der Waals surface area contributed by atoms with Crippen molar-refractivity contribution < 1.29 is 9.59 Å². The molecule has 142 valence electrons. The second-order valence-corrected chi connectivity index (χ2v) is 7.10. The first kappa shape index (κ1) is 19.0. The summed E-state index contributed by atoms with van der Waals surface area (Å²) in [5.74, 6) is -0.0980. The van der Waals surface area contributed by atoms with Crippen molar-refractivity contribution in [2.24, 2.45) is 0 Å². The standard InChI is InChI=1S/C22H27N3O2/c1-3-15(2)23-21(26)17-11-13-18(14-12-17)24-22(27)25-20-10-6-8-16-7-4-5-9-19(16)20/h4-5,7,9,11-15,20H,3,6,8,10H2,1-2H3,(H,23,26)(H2,24,25,27). The SMILES string of the molecule is CCC(C)NC(=O)c1ccc(NC(=O)NC2CCCc3ccccc32)cc1. The van der Waals surface area contributed by atoms with Crippen molar-refractivity contribution in [3.63, 3.8) is 0 Å². The Kier molecular flexibility index (Phi) is 6.12. The van der Waals surface area contributed by atoms with Gasteiger partial charge in [0.2, 0.25) is 0 Å². The molecule has 2 atom stereocenters. The van der Waals surface area contributed by atoms with Gasteiger partial charge in [-0.05, 0) is 68.0 Å². The van der Waals surface area contributed by atoms with Gasteiger partial charge in [-0.25, -0.2) is 4.79 Å². The van der Waals surface area contributed by atoms with Crippen LogP contribution in [-0.4, -0.2) is 18.0 Å². The Morgan fingerprint density at radius 1 is 1.11 bits per heavy atom. The third-order valence-electron chi connectivity index (χ3n) is 5.07. The first-order valence-corrected chi connectivity index (χ1v) is 9.63. The van der Waals surface area contributed by atoms with Gasteiger partial charge in [0.15, 0.2) is 0 Å². The molecule has 1 aliphatic rings. The topological polar surface area (TPSA) is 70.2 Å². The summed E-state index contributed by atoms with van der Waals surface area (Å²) in [5.41, 5.74) is 3.76. The van der Waals surface area contributed by atoms with E-state index in [2.05, 4.69) is 28.1 Å². The Balaban J connectivity index is 1.58. The smallest absolute Gasteiger partial charge is 0.319 e. The van der Waals surface area contributed by atoms with Gasteiger partial charge in [0.25, 0.3) is 5.91 Å². The van der Waals surface area contributed by atoms with E-state index < -0.39 is 0 Å². The van der Waals surface area contributed by atoms with Gasteiger partial charge in [-0.3, -0.25) is 4.79 Å². The van der Waals surface area contributed by atoms with E-state index in [1.807, 2.05) is 26.0 Å². The minimum Gasteiger partial charge on any atom is -0.350 e. The van der Waals surface area contributed by atoms with Gasteiger partial charge in [0, 0.05) is 17.3 Å². The number of aryl methyl sites for hydroxylation is 1. The highest BCUT2D eigenvalue weighted by Crippen LogP contribution is 2.29. The molecule has 0 aromatic heterocycles. The van der Waals surface area contributed by atoms with Crippen LogP contribution >= 0.6 is 0 Å². The Morgan fingerprint density at radius 2 is 1.85 bits per heavy atom. The molecular formula is C22H27N3O2. The zero-order chi connectivity index (χ0) is 19.2. The number of anilines is 1. The fourth-order valence-electron chi connectivity index (χ4n) is 3.34. The number of hydrogen-bond donors (Lipinski definition) is 3. The largest absolute Gasteiger partial charge is 0.350 e. The molecule has 3 amide bonds. The lowest BCUT2D eigenvalue weighted by Gasteiger charge is -2.26. The Hall–Kier alpha value is -2.82. The molecule has 5 heteroatoms. The maximum absolute atomic E-state index is 12.4. The van der Waals surface area contributed by atoms with Crippen LogP contribution in [0, 0.1) is 0 Å². The number of rotatable bonds is 5. The van der Waals surface area contributed by atoms with Gasteiger partial charge in [0.1, 0.15) is 0 Å². The van der Waals surface area contributed by atoms with E-state index >= 15 is 0 Å². The number of carbonyl (C=O) groups excluding carboxylic acids is 2. The maximum Gasteiger partial charge on any atom is 0.319 e. The Bertz CT molecular complexity index is 801. The first-order chi connectivity index (χ1) is 13.1. The molecule has 2 aromatic rings. The predicted octanol–water partition coefficient (Wildman–Crippen LogP) is 4.41. The van der Waals surface area contributed by atoms with Crippen molar-refractivity contribution in [3.05, 3.63) is 65.2 Å². The summed E-state index contributed by atoms with van der Waals surface area (Å²) >= 11 is 0. The monoisotopic (exact) mass is 365 g/mol. The summed E-state index contributed by atoms with van der Waals surface area (Å²) in [5, 5.41) is 8.85. The van der Waals surface area contributed by atoms with Crippen molar-refractivity contribution in [1.82, 2.24) is 10.6 Å². The molecular weight excluding hydrogens is 338 g/mol. The normalized spacial score (nSPS) is 16.7. The minimum atomic E-state index is -0.228. The van der Waals surface area contributed by atoms with Crippen LogP contribution in [0.4, 0.5) is 10.5 Å². The van der Waals surface area contributed by atoms with Crippen molar-refractivity contribution >= 4 is 17.6 Å². The van der Waals surface area contributed by atoms with Crippen LogP contribution < -0.4 is 16.0 Å². The quantitative estimate of drug-likeness (QED) is 0.734. The van der Waals surface area contributed by atoms with E-state index in [4.69, 9.17) is 0 Å². The third-order valence-corrected chi connectivity index (χ3v) is 5.07. The van der Waals surface area contributed by atoms with Crippen LogP contribution in [0.1, 0.15) is 60.6 Å². The zero-order valence-corrected chi connectivity index (χ0v) is 15.9. The molecule has 0 saturated carbocycles. The molecule has 5 nitrogen and oxygen atoms in total. The van der Waals surface area contributed by atoms with Gasteiger partial charge in [-0.2, -0.15) is 0 Å². The summed E-state index contributed by atoms with van der Waals surface area (Å²) in [6.45, 7) is 4.00. The average molecular weight is 365 g/mol. The van der Waals surface area contributed by atoms with Crippen molar-refractivity contribution in [3.8, 4) is 0 Å². The molecule has 0 aliphatic heterocycles. The van der Waals surface area contributed by atoms with Crippen LogP contribution in [0.25, 0.3) is 0 Å². The molecule has 2 aromatic carbocycles. The summed E-state index contributed by atoms with van der Waals surface area (Å²) in [4.78, 5) is 24.5. The lowest BCUT2D eigenvalue weighted by atomic mass is 9.88. The Morgan fingerprint density at radius 3 is 2.59 bits per heavy atom. The van der Waals surface area contributed by atoms with E-state index in [9.17, 15) is 9.59 Å². The minimum absolute atomic E-state index is 0.0375. The van der Waals surface area contributed by atoms with E-state index in [-0.39, 0.29) is 24.0 Å². The molecule has 1 aliphatic carbocycles. The molecule has 3 rings (SSSR count). The lowest BCUT2D eigenvalue weighted by Crippen LogP contribution is -2.34. The molecule has 0 heterocycles. The first-order valence-electron chi connectivity index (χ1n) is 9.63. The van der Waals surface area contributed by atoms with E-state index in [1.165, 1.54) is 11.1 Å². The maximum atomic E-state index is 12.4. The van der Waals surface area contributed by atoms with Crippen LogP contribution in [0.5, 0.6) is 0 Å². The number of nitrogens with one attached hydrogen (secondary N) is 3. The van der Waals surface area contributed by atoms with Gasteiger partial charge >= 0.3 is 6.03 Å².